The van der Waals surface area contributed by atoms with Crippen LogP contribution in [0.15, 0.2) is 19.0 Å². The first-order valence-corrected chi connectivity index (χ1v) is 6.18. The van der Waals surface area contributed by atoms with Crippen molar-refractivity contribution in [3.63, 3.8) is 0 Å². The monoisotopic (exact) mass is 219 g/mol. The number of hydrogen-bond acceptors (Lipinski definition) is 2. The molecule has 0 bridgehead atoms. The molecule has 1 fully saturated rings. The van der Waals surface area contributed by atoms with Crippen molar-refractivity contribution in [2.75, 3.05) is 0 Å². The molecule has 0 saturated heterocycles. The van der Waals surface area contributed by atoms with E-state index in [1.54, 1.807) is 10.9 Å². The summed E-state index contributed by atoms with van der Waals surface area (Å²) in [5.74, 6) is 0.870. The highest BCUT2D eigenvalue weighted by Gasteiger charge is 2.20. The summed E-state index contributed by atoms with van der Waals surface area (Å²) in [5, 5.41) is 7.76. The van der Waals surface area contributed by atoms with E-state index in [1.807, 2.05) is 12.4 Å². The van der Waals surface area contributed by atoms with E-state index in [0.717, 1.165) is 12.5 Å². The molecule has 88 valence electrons. The zero-order valence-corrected chi connectivity index (χ0v) is 10.0. The normalized spacial score (nSPS) is 18.8. The first kappa shape index (κ1) is 11.4. The molecule has 3 heteroatoms. The summed E-state index contributed by atoms with van der Waals surface area (Å²) >= 11 is 0. The van der Waals surface area contributed by atoms with Gasteiger partial charge in [-0.3, -0.25) is 0 Å². The van der Waals surface area contributed by atoms with Gasteiger partial charge in [-0.2, -0.15) is 5.10 Å². The zero-order valence-electron chi connectivity index (χ0n) is 10.0. The van der Waals surface area contributed by atoms with Crippen LogP contribution in [0.5, 0.6) is 0 Å². The molecule has 1 N–H and O–H groups in total. The molecule has 1 aromatic heterocycles. The molecule has 2 rings (SSSR count). The Labute approximate surface area is 97.5 Å². The summed E-state index contributed by atoms with van der Waals surface area (Å²) in [4.78, 5) is 0. The fourth-order valence-corrected chi connectivity index (χ4v) is 2.47. The predicted octanol–water partition coefficient (Wildman–Crippen LogP) is 2.65. The SMILES string of the molecule is C=Cn1cc(CN[C@H](C)C2CCCC2)cn1. The van der Waals surface area contributed by atoms with Crippen LogP contribution in [0.3, 0.4) is 0 Å². The lowest BCUT2D eigenvalue weighted by Crippen LogP contribution is -2.31. The number of nitrogens with one attached hydrogen (secondary N) is 1. The van der Waals surface area contributed by atoms with E-state index in [-0.39, 0.29) is 0 Å². The molecule has 0 unspecified atom stereocenters. The lowest BCUT2D eigenvalue weighted by Gasteiger charge is -2.19. The van der Waals surface area contributed by atoms with Crippen molar-refractivity contribution in [3.8, 4) is 0 Å². The molecule has 0 spiro atoms. The fourth-order valence-electron chi connectivity index (χ4n) is 2.47. The Morgan fingerprint density at radius 3 is 3.00 bits per heavy atom. The average Bonchev–Trinajstić information content (AvgIpc) is 2.96. The van der Waals surface area contributed by atoms with Crippen LogP contribution in [-0.4, -0.2) is 15.8 Å². The number of nitrogens with zero attached hydrogens (tertiary/aromatic N) is 2. The van der Waals surface area contributed by atoms with E-state index in [9.17, 15) is 0 Å². The number of rotatable bonds is 5. The zero-order chi connectivity index (χ0) is 11.4. The van der Waals surface area contributed by atoms with Gasteiger partial charge in [0.1, 0.15) is 0 Å². The topological polar surface area (TPSA) is 29.9 Å². The van der Waals surface area contributed by atoms with E-state index in [1.165, 1.54) is 31.2 Å². The van der Waals surface area contributed by atoms with Gasteiger partial charge in [0.2, 0.25) is 0 Å². The van der Waals surface area contributed by atoms with Gasteiger partial charge in [-0.05, 0) is 25.7 Å². The molecule has 1 aliphatic carbocycles. The summed E-state index contributed by atoms with van der Waals surface area (Å²) in [6.07, 6.45) is 11.2. The van der Waals surface area contributed by atoms with Gasteiger partial charge in [-0.1, -0.05) is 19.4 Å². The Hall–Kier alpha value is -1.09. The second kappa shape index (κ2) is 5.30. The minimum Gasteiger partial charge on any atom is -0.310 e. The summed E-state index contributed by atoms with van der Waals surface area (Å²) in [5.41, 5.74) is 1.23. The van der Waals surface area contributed by atoms with E-state index in [2.05, 4.69) is 23.9 Å². The minimum absolute atomic E-state index is 0.620. The summed E-state index contributed by atoms with van der Waals surface area (Å²) in [6.45, 7) is 6.89. The smallest absolute Gasteiger partial charge is 0.0538 e. The van der Waals surface area contributed by atoms with Crippen molar-refractivity contribution in [2.24, 2.45) is 5.92 Å². The quantitative estimate of drug-likeness (QED) is 0.825. The van der Waals surface area contributed by atoms with E-state index >= 15 is 0 Å². The summed E-state index contributed by atoms with van der Waals surface area (Å²) < 4.78 is 1.75. The maximum absolute atomic E-state index is 4.17. The van der Waals surface area contributed by atoms with Crippen LogP contribution >= 0.6 is 0 Å². The molecule has 1 aromatic rings. The van der Waals surface area contributed by atoms with Crippen LogP contribution in [0.25, 0.3) is 6.20 Å². The molecular formula is C13H21N3. The van der Waals surface area contributed by atoms with Crippen molar-refractivity contribution in [3.05, 3.63) is 24.5 Å². The van der Waals surface area contributed by atoms with Gasteiger partial charge in [0.05, 0.1) is 6.20 Å². The Morgan fingerprint density at radius 1 is 1.62 bits per heavy atom. The van der Waals surface area contributed by atoms with Gasteiger partial charge in [-0.15, -0.1) is 0 Å². The average molecular weight is 219 g/mol. The van der Waals surface area contributed by atoms with E-state index in [4.69, 9.17) is 0 Å². The van der Waals surface area contributed by atoms with Crippen molar-refractivity contribution in [1.29, 1.82) is 0 Å². The molecule has 1 heterocycles. The molecule has 1 aliphatic rings. The van der Waals surface area contributed by atoms with Gasteiger partial charge in [0, 0.05) is 30.5 Å². The van der Waals surface area contributed by atoms with Gasteiger partial charge in [0.15, 0.2) is 0 Å². The summed E-state index contributed by atoms with van der Waals surface area (Å²) in [7, 11) is 0. The highest BCUT2D eigenvalue weighted by atomic mass is 15.2. The van der Waals surface area contributed by atoms with Crippen molar-refractivity contribution in [2.45, 2.75) is 45.2 Å². The Balaban J connectivity index is 1.79. The second-order valence-corrected chi connectivity index (χ2v) is 4.73. The van der Waals surface area contributed by atoms with E-state index in [0.29, 0.717) is 6.04 Å². The first-order valence-electron chi connectivity index (χ1n) is 6.18. The van der Waals surface area contributed by atoms with Crippen LogP contribution in [0.2, 0.25) is 0 Å². The molecule has 1 atom stereocenters. The van der Waals surface area contributed by atoms with Gasteiger partial charge >= 0.3 is 0 Å². The van der Waals surface area contributed by atoms with Crippen molar-refractivity contribution >= 4 is 6.20 Å². The van der Waals surface area contributed by atoms with Crippen molar-refractivity contribution < 1.29 is 0 Å². The number of hydrogen-bond donors (Lipinski definition) is 1. The molecule has 0 aliphatic heterocycles. The molecule has 1 saturated carbocycles. The third kappa shape index (κ3) is 2.73. The van der Waals surface area contributed by atoms with Crippen LogP contribution in [-0.2, 0) is 6.54 Å². The summed E-state index contributed by atoms with van der Waals surface area (Å²) in [6, 6.07) is 0.620. The van der Waals surface area contributed by atoms with Gasteiger partial charge in [-0.25, -0.2) is 4.68 Å². The molecule has 16 heavy (non-hydrogen) atoms. The largest absolute Gasteiger partial charge is 0.310 e. The lowest BCUT2D eigenvalue weighted by molar-refractivity contribution is 0.380. The highest BCUT2D eigenvalue weighted by Crippen LogP contribution is 2.27. The minimum atomic E-state index is 0.620. The van der Waals surface area contributed by atoms with Gasteiger partial charge in [0.25, 0.3) is 0 Å². The number of aromatic nitrogens is 2. The van der Waals surface area contributed by atoms with Crippen LogP contribution in [0.4, 0.5) is 0 Å². The first-order chi connectivity index (χ1) is 7.79. The highest BCUT2D eigenvalue weighted by molar-refractivity contribution is 5.17. The maximum Gasteiger partial charge on any atom is 0.0538 e. The molecular weight excluding hydrogens is 198 g/mol. The molecule has 0 radical (unpaired) electrons. The van der Waals surface area contributed by atoms with Crippen LogP contribution in [0.1, 0.15) is 38.2 Å². The standard InChI is InChI=1S/C13H21N3/c1-3-16-10-12(9-15-16)8-14-11(2)13-6-4-5-7-13/h3,9-11,13-14H,1,4-8H2,2H3/t11-/m1/s1. The van der Waals surface area contributed by atoms with Crippen LogP contribution in [0, 0.1) is 5.92 Å². The predicted molar refractivity (Wildman–Crippen MR) is 66.9 cm³/mol. The van der Waals surface area contributed by atoms with E-state index < -0.39 is 0 Å². The third-order valence-corrected chi connectivity index (χ3v) is 3.58. The lowest BCUT2D eigenvalue weighted by atomic mass is 10.00. The Bertz CT molecular complexity index is 337. The fraction of sp³-hybridized carbons (Fsp3) is 0.615. The maximum atomic E-state index is 4.17. The molecule has 3 nitrogen and oxygen atoms in total. The Kier molecular flexibility index (Phi) is 3.78. The molecule has 0 aromatic carbocycles. The third-order valence-electron chi connectivity index (χ3n) is 3.58. The van der Waals surface area contributed by atoms with Crippen LogP contribution < -0.4 is 5.32 Å². The Morgan fingerprint density at radius 2 is 2.38 bits per heavy atom. The molecule has 0 amide bonds. The second-order valence-electron chi connectivity index (χ2n) is 4.73. The van der Waals surface area contributed by atoms with Gasteiger partial charge < -0.3 is 5.32 Å². The van der Waals surface area contributed by atoms with Crippen molar-refractivity contribution in [1.82, 2.24) is 15.1 Å².